The molecule has 1 rings (SSSR count). The first-order valence-electron chi connectivity index (χ1n) is 10.8. The van der Waals surface area contributed by atoms with Crippen LogP contribution in [0.1, 0.15) is 38.3 Å². The van der Waals surface area contributed by atoms with Crippen molar-refractivity contribution in [1.29, 1.82) is 0 Å². The van der Waals surface area contributed by atoms with Crippen molar-refractivity contribution in [3.8, 4) is 0 Å². The standard InChI is InChI=1S/C20H30N6O10/c1-9(27)16(20(35)36)26-19(34)13(6-10-7-22-8-23-10)25-18(33)12(3-5-15(30)31)24-17(32)11(21)2-4-14(28)29/h7-9,11-13,16,27H,2-6,21H2,1H3,(H,22,23)(H,24,32)(H,25,33)(H,26,34)(H,28,29)(H,30,31)(H,35,36). The highest BCUT2D eigenvalue weighted by Crippen LogP contribution is 2.06. The number of hydrogen-bond donors (Lipinski definition) is 9. The Hall–Kier alpha value is -4.05. The Kier molecular flexibility index (Phi) is 12.0. The summed E-state index contributed by atoms with van der Waals surface area (Å²) in [7, 11) is 0. The first-order chi connectivity index (χ1) is 16.8. The van der Waals surface area contributed by atoms with Gasteiger partial charge in [0.25, 0.3) is 0 Å². The van der Waals surface area contributed by atoms with Crippen LogP contribution >= 0.6 is 0 Å². The fourth-order valence-corrected chi connectivity index (χ4v) is 2.97. The number of nitrogens with zero attached hydrogens (tertiary/aromatic N) is 1. The summed E-state index contributed by atoms with van der Waals surface area (Å²) in [6.45, 7) is 1.15. The van der Waals surface area contributed by atoms with Crippen molar-refractivity contribution < 1.29 is 49.2 Å². The number of H-pyrrole nitrogens is 1. The van der Waals surface area contributed by atoms with Crippen LogP contribution < -0.4 is 21.7 Å². The van der Waals surface area contributed by atoms with Gasteiger partial charge < -0.3 is 47.1 Å². The number of nitrogens with one attached hydrogen (secondary N) is 4. The van der Waals surface area contributed by atoms with E-state index in [2.05, 4.69) is 25.9 Å². The van der Waals surface area contributed by atoms with Crippen LogP contribution in [0.5, 0.6) is 0 Å². The minimum atomic E-state index is -1.69. The van der Waals surface area contributed by atoms with Crippen molar-refractivity contribution in [1.82, 2.24) is 25.9 Å². The number of carboxylic acid groups (broad SMARTS) is 3. The van der Waals surface area contributed by atoms with Gasteiger partial charge in [0.05, 0.1) is 18.5 Å². The van der Waals surface area contributed by atoms with E-state index in [4.69, 9.17) is 15.9 Å². The van der Waals surface area contributed by atoms with Crippen molar-refractivity contribution in [3.63, 3.8) is 0 Å². The molecule has 1 heterocycles. The number of imidazole rings is 1. The third-order valence-electron chi connectivity index (χ3n) is 4.94. The number of carboxylic acids is 3. The maximum Gasteiger partial charge on any atom is 0.328 e. The second-order valence-corrected chi connectivity index (χ2v) is 7.94. The van der Waals surface area contributed by atoms with Crippen molar-refractivity contribution in [3.05, 3.63) is 18.2 Å². The number of nitrogens with two attached hydrogens (primary N) is 1. The molecule has 1 aromatic rings. The lowest BCUT2D eigenvalue weighted by Gasteiger charge is -2.25. The molecular formula is C20H30N6O10. The quantitative estimate of drug-likeness (QED) is 0.106. The summed E-state index contributed by atoms with van der Waals surface area (Å²) in [5.74, 6) is -6.84. The molecule has 5 unspecified atom stereocenters. The van der Waals surface area contributed by atoms with Crippen molar-refractivity contribution in [2.45, 2.75) is 69.3 Å². The molecule has 0 saturated heterocycles. The third kappa shape index (κ3) is 10.5. The molecule has 36 heavy (non-hydrogen) atoms. The zero-order valence-corrected chi connectivity index (χ0v) is 19.3. The molecule has 1 aromatic heterocycles. The number of rotatable bonds is 16. The lowest BCUT2D eigenvalue weighted by Crippen LogP contribution is -2.58. The normalized spacial score (nSPS) is 15.0. The molecule has 10 N–H and O–H groups in total. The van der Waals surface area contributed by atoms with Crippen LogP contribution in [0.4, 0.5) is 0 Å². The number of amides is 3. The number of carbonyl (C=O) groups excluding carboxylic acids is 3. The van der Waals surface area contributed by atoms with Gasteiger partial charge in [-0.05, 0) is 19.8 Å². The average Bonchev–Trinajstić information content (AvgIpc) is 3.30. The van der Waals surface area contributed by atoms with E-state index in [1.807, 2.05) is 0 Å². The summed E-state index contributed by atoms with van der Waals surface area (Å²) in [5.41, 5.74) is 6.02. The predicted molar refractivity (Wildman–Crippen MR) is 119 cm³/mol. The topological polar surface area (TPSA) is 274 Å². The zero-order chi connectivity index (χ0) is 27.4. The largest absolute Gasteiger partial charge is 0.481 e. The molecule has 5 atom stereocenters. The lowest BCUT2D eigenvalue weighted by molar-refractivity contribution is -0.145. The summed E-state index contributed by atoms with van der Waals surface area (Å²) >= 11 is 0. The molecule has 3 amide bonds. The maximum absolute atomic E-state index is 13.0. The summed E-state index contributed by atoms with van der Waals surface area (Å²) in [6, 6.07) is -5.86. The zero-order valence-electron chi connectivity index (χ0n) is 19.3. The highest BCUT2D eigenvalue weighted by Gasteiger charge is 2.32. The van der Waals surface area contributed by atoms with E-state index < -0.39 is 78.7 Å². The number of aromatic nitrogens is 2. The molecule has 0 fully saturated rings. The van der Waals surface area contributed by atoms with Crippen LogP contribution in [0.3, 0.4) is 0 Å². The van der Waals surface area contributed by atoms with Gasteiger partial charge in [-0.25, -0.2) is 9.78 Å². The Bertz CT molecular complexity index is 935. The third-order valence-corrected chi connectivity index (χ3v) is 4.94. The first kappa shape index (κ1) is 30.0. The van der Waals surface area contributed by atoms with Gasteiger partial charge in [0.15, 0.2) is 6.04 Å². The Morgan fingerprint density at radius 1 is 0.917 bits per heavy atom. The summed E-state index contributed by atoms with van der Waals surface area (Å²) in [6.07, 6.45) is -0.592. The highest BCUT2D eigenvalue weighted by atomic mass is 16.4. The van der Waals surface area contributed by atoms with Crippen LogP contribution in [0.15, 0.2) is 12.5 Å². The van der Waals surface area contributed by atoms with Gasteiger partial charge in [-0.2, -0.15) is 0 Å². The van der Waals surface area contributed by atoms with Crippen molar-refractivity contribution in [2.24, 2.45) is 5.73 Å². The van der Waals surface area contributed by atoms with Crippen molar-refractivity contribution >= 4 is 35.6 Å². The van der Waals surface area contributed by atoms with E-state index >= 15 is 0 Å². The van der Waals surface area contributed by atoms with Crippen LogP contribution in [-0.4, -0.2) is 96.3 Å². The number of carbonyl (C=O) groups is 6. The maximum atomic E-state index is 13.0. The van der Waals surface area contributed by atoms with Crippen molar-refractivity contribution in [2.75, 3.05) is 0 Å². The van der Waals surface area contributed by atoms with Crippen LogP contribution in [0, 0.1) is 0 Å². The number of aliphatic hydroxyl groups is 1. The van der Waals surface area contributed by atoms with Gasteiger partial charge in [-0.1, -0.05) is 0 Å². The van der Waals surface area contributed by atoms with Gasteiger partial charge in [0, 0.05) is 31.2 Å². The van der Waals surface area contributed by atoms with Gasteiger partial charge in [-0.3, -0.25) is 24.0 Å². The summed E-state index contributed by atoms with van der Waals surface area (Å²) < 4.78 is 0. The molecule has 0 saturated carbocycles. The SMILES string of the molecule is CC(O)C(NC(=O)C(Cc1cnc[nH]1)NC(=O)C(CCC(=O)O)NC(=O)C(N)CCC(=O)O)C(=O)O. The summed E-state index contributed by atoms with van der Waals surface area (Å²) in [5, 5.41) is 43.3. The van der Waals surface area contributed by atoms with Crippen LogP contribution in [-0.2, 0) is 35.2 Å². The Balaban J connectivity index is 3.07. The Labute approximate surface area is 204 Å². The molecule has 0 radical (unpaired) electrons. The molecule has 200 valence electrons. The van der Waals surface area contributed by atoms with E-state index in [-0.39, 0.29) is 19.3 Å². The van der Waals surface area contributed by atoms with E-state index in [9.17, 15) is 39.0 Å². The smallest absolute Gasteiger partial charge is 0.328 e. The molecule has 0 aliphatic rings. The highest BCUT2D eigenvalue weighted by molar-refractivity contribution is 5.94. The Morgan fingerprint density at radius 3 is 1.97 bits per heavy atom. The van der Waals surface area contributed by atoms with E-state index in [1.165, 1.54) is 12.5 Å². The first-order valence-corrected chi connectivity index (χ1v) is 10.8. The van der Waals surface area contributed by atoms with E-state index in [0.717, 1.165) is 6.92 Å². The average molecular weight is 514 g/mol. The fourth-order valence-electron chi connectivity index (χ4n) is 2.97. The molecule has 0 aliphatic carbocycles. The number of aliphatic carboxylic acids is 3. The van der Waals surface area contributed by atoms with E-state index in [0.29, 0.717) is 5.69 Å². The molecule has 16 heteroatoms. The van der Waals surface area contributed by atoms with Gasteiger partial charge in [0.1, 0.15) is 12.1 Å². The molecular weight excluding hydrogens is 484 g/mol. The van der Waals surface area contributed by atoms with Crippen LogP contribution in [0.25, 0.3) is 0 Å². The molecule has 0 aliphatic heterocycles. The minimum absolute atomic E-state index is 0.193. The fraction of sp³-hybridized carbons (Fsp3) is 0.550. The molecule has 0 aromatic carbocycles. The Morgan fingerprint density at radius 2 is 1.47 bits per heavy atom. The lowest BCUT2D eigenvalue weighted by atomic mass is 10.1. The van der Waals surface area contributed by atoms with Gasteiger partial charge >= 0.3 is 17.9 Å². The molecule has 16 nitrogen and oxygen atoms in total. The molecule has 0 spiro atoms. The monoisotopic (exact) mass is 514 g/mol. The second-order valence-electron chi connectivity index (χ2n) is 7.94. The van der Waals surface area contributed by atoms with Gasteiger partial charge in [-0.15, -0.1) is 0 Å². The summed E-state index contributed by atoms with van der Waals surface area (Å²) in [4.78, 5) is 77.7. The second kappa shape index (κ2) is 14.4. The van der Waals surface area contributed by atoms with Crippen LogP contribution in [0.2, 0.25) is 0 Å². The number of hydrogen-bond acceptors (Lipinski definition) is 9. The van der Waals surface area contributed by atoms with E-state index in [1.54, 1.807) is 0 Å². The molecule has 0 bridgehead atoms. The minimum Gasteiger partial charge on any atom is -0.481 e. The predicted octanol–water partition coefficient (Wildman–Crippen LogP) is -3.07. The number of aliphatic hydroxyl groups excluding tert-OH is 1. The van der Waals surface area contributed by atoms with Gasteiger partial charge in [0.2, 0.25) is 17.7 Å². The number of aromatic amines is 1.